The van der Waals surface area contributed by atoms with Crippen LogP contribution >= 0.6 is 0 Å². The number of ether oxygens (including phenoxy) is 1. The summed E-state index contributed by atoms with van der Waals surface area (Å²) in [5, 5.41) is 14.1. The van der Waals surface area contributed by atoms with Crippen LogP contribution in [0.25, 0.3) is 11.1 Å². The van der Waals surface area contributed by atoms with Crippen LogP contribution < -0.4 is 10.6 Å². The lowest BCUT2D eigenvalue weighted by atomic mass is 9.98. The number of carbonyl (C=O) groups excluding carboxylic acids is 2. The molecule has 7 nitrogen and oxygen atoms in total. The standard InChI is InChI=1S/C27H25FN2O5/c1-16(25(31)30-17-10-11-22(26(32)33)24(28)14-17)12-13-29-27(34)35-15-23-20-8-4-2-6-18(20)19-7-3-5-9-21(19)23/h2-11,14,16,23H,12-13,15H2,1H3,(H,29,34)(H,30,31)(H,32,33). The summed E-state index contributed by atoms with van der Waals surface area (Å²) in [7, 11) is 0. The number of amides is 2. The maximum absolute atomic E-state index is 13.8. The Hall–Kier alpha value is -4.20. The molecule has 0 fully saturated rings. The van der Waals surface area contributed by atoms with Gasteiger partial charge in [0.05, 0.1) is 5.56 Å². The lowest BCUT2D eigenvalue weighted by molar-refractivity contribution is -0.119. The summed E-state index contributed by atoms with van der Waals surface area (Å²) in [6.07, 6.45) is -0.225. The summed E-state index contributed by atoms with van der Waals surface area (Å²) in [5.74, 6) is -3.20. The quantitative estimate of drug-likeness (QED) is 0.423. The number of anilines is 1. The van der Waals surface area contributed by atoms with Crippen molar-refractivity contribution in [3.05, 3.63) is 89.2 Å². The van der Waals surface area contributed by atoms with Gasteiger partial charge in [-0.3, -0.25) is 4.79 Å². The highest BCUT2D eigenvalue weighted by atomic mass is 19.1. The van der Waals surface area contributed by atoms with Crippen molar-refractivity contribution < 1.29 is 28.6 Å². The Bertz CT molecular complexity index is 1230. The molecule has 0 aliphatic heterocycles. The summed E-state index contributed by atoms with van der Waals surface area (Å²) in [6, 6.07) is 19.5. The number of carboxylic acid groups (broad SMARTS) is 1. The highest BCUT2D eigenvalue weighted by Gasteiger charge is 2.29. The molecular weight excluding hydrogens is 451 g/mol. The van der Waals surface area contributed by atoms with Crippen LogP contribution in [-0.4, -0.2) is 36.2 Å². The Morgan fingerprint density at radius 2 is 1.63 bits per heavy atom. The van der Waals surface area contributed by atoms with Crippen LogP contribution in [0.1, 0.15) is 40.7 Å². The molecule has 8 heteroatoms. The molecule has 2 amide bonds. The van der Waals surface area contributed by atoms with Crippen LogP contribution in [0.3, 0.4) is 0 Å². The maximum atomic E-state index is 13.8. The summed E-state index contributed by atoms with van der Waals surface area (Å²) in [6.45, 7) is 2.10. The normalized spacial score (nSPS) is 12.9. The lowest BCUT2D eigenvalue weighted by Crippen LogP contribution is -2.30. The third kappa shape index (κ3) is 5.32. The highest BCUT2D eigenvalue weighted by molar-refractivity contribution is 5.93. The van der Waals surface area contributed by atoms with Gasteiger partial charge in [-0.1, -0.05) is 55.5 Å². The van der Waals surface area contributed by atoms with Crippen LogP contribution in [0.5, 0.6) is 0 Å². The van der Waals surface area contributed by atoms with E-state index in [0.717, 1.165) is 34.4 Å². The van der Waals surface area contributed by atoms with Crippen molar-refractivity contribution in [3.63, 3.8) is 0 Å². The molecule has 1 atom stereocenters. The maximum Gasteiger partial charge on any atom is 0.407 e. The van der Waals surface area contributed by atoms with E-state index in [1.54, 1.807) is 6.92 Å². The number of carboxylic acids is 1. The monoisotopic (exact) mass is 476 g/mol. The molecule has 35 heavy (non-hydrogen) atoms. The van der Waals surface area contributed by atoms with E-state index in [4.69, 9.17) is 9.84 Å². The number of fused-ring (bicyclic) bond motifs is 3. The fourth-order valence-electron chi connectivity index (χ4n) is 4.20. The average molecular weight is 477 g/mol. The number of hydrogen-bond donors (Lipinski definition) is 3. The topological polar surface area (TPSA) is 105 Å². The molecule has 1 aliphatic rings. The fourth-order valence-corrected chi connectivity index (χ4v) is 4.20. The van der Waals surface area contributed by atoms with Crippen molar-refractivity contribution in [2.24, 2.45) is 5.92 Å². The minimum absolute atomic E-state index is 0.0363. The Morgan fingerprint density at radius 3 is 2.23 bits per heavy atom. The van der Waals surface area contributed by atoms with Crippen molar-refractivity contribution in [2.75, 3.05) is 18.5 Å². The first-order valence-corrected chi connectivity index (χ1v) is 11.3. The first-order valence-electron chi connectivity index (χ1n) is 11.3. The van der Waals surface area contributed by atoms with Crippen LogP contribution in [0, 0.1) is 11.7 Å². The van der Waals surface area contributed by atoms with E-state index in [2.05, 4.69) is 22.8 Å². The smallest absolute Gasteiger partial charge is 0.407 e. The van der Waals surface area contributed by atoms with Gasteiger partial charge in [0, 0.05) is 24.1 Å². The van der Waals surface area contributed by atoms with Crippen LogP contribution in [0.2, 0.25) is 0 Å². The van der Waals surface area contributed by atoms with Crippen LogP contribution in [0.15, 0.2) is 66.7 Å². The number of halogens is 1. The fraction of sp³-hybridized carbons (Fsp3) is 0.222. The van der Waals surface area contributed by atoms with Gasteiger partial charge in [-0.05, 0) is 46.9 Å². The number of rotatable bonds is 8. The van der Waals surface area contributed by atoms with E-state index in [1.807, 2.05) is 36.4 Å². The SMILES string of the molecule is CC(CCNC(=O)OCC1c2ccccc2-c2ccccc21)C(=O)Nc1ccc(C(=O)O)c(F)c1. The largest absolute Gasteiger partial charge is 0.478 e. The van der Waals surface area contributed by atoms with E-state index in [0.29, 0.717) is 6.42 Å². The minimum atomic E-state index is -1.38. The van der Waals surface area contributed by atoms with Crippen molar-refractivity contribution in [3.8, 4) is 11.1 Å². The molecule has 4 rings (SSSR count). The van der Waals surface area contributed by atoms with E-state index in [9.17, 15) is 18.8 Å². The van der Waals surface area contributed by atoms with Crippen LogP contribution in [0.4, 0.5) is 14.9 Å². The molecule has 3 N–H and O–H groups in total. The Labute approximate surface area is 201 Å². The van der Waals surface area contributed by atoms with Gasteiger partial charge in [-0.25, -0.2) is 14.0 Å². The van der Waals surface area contributed by atoms with Gasteiger partial charge in [0.1, 0.15) is 12.4 Å². The zero-order chi connectivity index (χ0) is 24.9. The van der Waals surface area contributed by atoms with E-state index < -0.39 is 29.4 Å². The van der Waals surface area contributed by atoms with Gasteiger partial charge < -0.3 is 20.5 Å². The van der Waals surface area contributed by atoms with Gasteiger partial charge in [-0.2, -0.15) is 0 Å². The molecular formula is C27H25FN2O5. The Balaban J connectivity index is 1.24. The molecule has 3 aromatic carbocycles. The molecule has 0 spiro atoms. The predicted molar refractivity (Wildman–Crippen MR) is 129 cm³/mol. The molecule has 0 radical (unpaired) electrons. The molecule has 180 valence electrons. The van der Waals surface area contributed by atoms with E-state index >= 15 is 0 Å². The molecule has 3 aromatic rings. The lowest BCUT2D eigenvalue weighted by Gasteiger charge is -2.15. The van der Waals surface area contributed by atoms with E-state index in [-0.39, 0.29) is 30.7 Å². The van der Waals surface area contributed by atoms with Gasteiger partial charge in [0.15, 0.2) is 0 Å². The second kappa shape index (κ2) is 10.4. The third-order valence-electron chi connectivity index (χ3n) is 6.10. The number of carbonyl (C=O) groups is 3. The summed E-state index contributed by atoms with van der Waals surface area (Å²) in [4.78, 5) is 35.5. The molecule has 0 heterocycles. The van der Waals surface area contributed by atoms with Gasteiger partial charge in [0.25, 0.3) is 0 Å². The summed E-state index contributed by atoms with van der Waals surface area (Å²) in [5.41, 5.74) is 4.24. The van der Waals surface area contributed by atoms with Gasteiger partial charge in [-0.15, -0.1) is 0 Å². The average Bonchev–Trinajstić information content (AvgIpc) is 3.16. The second-order valence-electron chi connectivity index (χ2n) is 8.43. The summed E-state index contributed by atoms with van der Waals surface area (Å²) >= 11 is 0. The van der Waals surface area contributed by atoms with Crippen molar-refractivity contribution in [1.82, 2.24) is 5.32 Å². The van der Waals surface area contributed by atoms with Crippen LogP contribution in [-0.2, 0) is 9.53 Å². The number of nitrogens with one attached hydrogen (secondary N) is 2. The number of aromatic carboxylic acids is 1. The first kappa shape index (κ1) is 23.9. The highest BCUT2D eigenvalue weighted by Crippen LogP contribution is 2.44. The minimum Gasteiger partial charge on any atom is -0.478 e. The zero-order valence-electron chi connectivity index (χ0n) is 19.1. The Kier molecular flexibility index (Phi) is 7.10. The van der Waals surface area contributed by atoms with Crippen molar-refractivity contribution in [1.29, 1.82) is 0 Å². The Morgan fingerprint density at radius 1 is 1.00 bits per heavy atom. The second-order valence-corrected chi connectivity index (χ2v) is 8.43. The third-order valence-corrected chi connectivity index (χ3v) is 6.10. The predicted octanol–water partition coefficient (Wildman–Crippen LogP) is 5.03. The van der Waals surface area contributed by atoms with Gasteiger partial charge >= 0.3 is 12.1 Å². The van der Waals surface area contributed by atoms with E-state index in [1.165, 1.54) is 6.07 Å². The van der Waals surface area contributed by atoms with Crippen molar-refractivity contribution in [2.45, 2.75) is 19.3 Å². The molecule has 1 aliphatic carbocycles. The molecule has 0 aromatic heterocycles. The first-order chi connectivity index (χ1) is 16.8. The zero-order valence-corrected chi connectivity index (χ0v) is 19.1. The number of alkyl carbamates (subject to hydrolysis) is 1. The van der Waals surface area contributed by atoms with Crippen molar-refractivity contribution >= 4 is 23.7 Å². The molecule has 0 saturated carbocycles. The molecule has 1 unspecified atom stereocenters. The number of hydrogen-bond acceptors (Lipinski definition) is 4. The number of benzene rings is 3. The molecule has 0 saturated heterocycles. The van der Waals surface area contributed by atoms with Gasteiger partial charge in [0.2, 0.25) is 5.91 Å². The molecule has 0 bridgehead atoms. The summed E-state index contributed by atoms with van der Waals surface area (Å²) < 4.78 is 19.3.